The highest BCUT2D eigenvalue weighted by atomic mass is 32.2. The number of hydrogen-bond acceptors (Lipinski definition) is 8. The number of ether oxygens (including phenoxy) is 3. The standard InChI is InChI=1S/C12H10N4O3S/c1-2-18-12-10(17-1)7(6-13-15-12)8-5-9-11(16-14-8)19-3-4-20-9/h5-6H,1-4H2. The fourth-order valence-corrected chi connectivity index (χ4v) is 2.85. The number of aromatic nitrogens is 4. The Morgan fingerprint density at radius 2 is 1.85 bits per heavy atom. The van der Waals surface area contributed by atoms with Crippen molar-refractivity contribution in [3.05, 3.63) is 12.3 Å². The van der Waals surface area contributed by atoms with Crippen LogP contribution in [0.2, 0.25) is 0 Å². The molecule has 2 aromatic rings. The average Bonchev–Trinajstić information content (AvgIpc) is 2.54. The van der Waals surface area contributed by atoms with Gasteiger partial charge in [0.15, 0.2) is 5.75 Å². The molecule has 2 aliphatic rings. The van der Waals surface area contributed by atoms with Gasteiger partial charge < -0.3 is 14.2 Å². The summed E-state index contributed by atoms with van der Waals surface area (Å²) in [5, 5.41) is 16.1. The highest BCUT2D eigenvalue weighted by Gasteiger charge is 2.22. The van der Waals surface area contributed by atoms with Gasteiger partial charge in [0, 0.05) is 5.75 Å². The highest BCUT2D eigenvalue weighted by molar-refractivity contribution is 7.99. The largest absolute Gasteiger partial charge is 0.484 e. The Hall–Kier alpha value is -2.09. The van der Waals surface area contributed by atoms with E-state index in [4.69, 9.17) is 14.2 Å². The Labute approximate surface area is 118 Å². The Morgan fingerprint density at radius 3 is 2.85 bits per heavy atom. The van der Waals surface area contributed by atoms with E-state index in [0.717, 1.165) is 16.2 Å². The summed E-state index contributed by atoms with van der Waals surface area (Å²) in [7, 11) is 0. The Kier molecular flexibility index (Phi) is 2.80. The molecule has 0 aromatic carbocycles. The first-order valence-corrected chi connectivity index (χ1v) is 7.15. The van der Waals surface area contributed by atoms with Crippen molar-refractivity contribution in [3.8, 4) is 28.8 Å². The van der Waals surface area contributed by atoms with Crippen LogP contribution in [-0.4, -0.2) is 46.0 Å². The zero-order valence-corrected chi connectivity index (χ0v) is 11.2. The van der Waals surface area contributed by atoms with Crippen LogP contribution in [0.4, 0.5) is 0 Å². The monoisotopic (exact) mass is 290 g/mol. The molecule has 0 saturated carbocycles. The minimum atomic E-state index is 0.400. The number of hydrogen-bond donors (Lipinski definition) is 0. The summed E-state index contributed by atoms with van der Waals surface area (Å²) in [6.45, 7) is 1.63. The Balaban J connectivity index is 1.81. The summed E-state index contributed by atoms with van der Waals surface area (Å²) < 4.78 is 16.5. The molecule has 0 N–H and O–H groups in total. The van der Waals surface area contributed by atoms with Gasteiger partial charge in [0.25, 0.3) is 5.88 Å². The van der Waals surface area contributed by atoms with E-state index in [1.807, 2.05) is 6.07 Å². The molecule has 4 heterocycles. The van der Waals surface area contributed by atoms with Gasteiger partial charge in [-0.15, -0.1) is 27.1 Å². The first kappa shape index (κ1) is 11.7. The van der Waals surface area contributed by atoms with Gasteiger partial charge in [-0.05, 0) is 6.07 Å². The first-order valence-electron chi connectivity index (χ1n) is 6.17. The normalized spacial score (nSPS) is 16.2. The van der Waals surface area contributed by atoms with Gasteiger partial charge >= 0.3 is 0 Å². The zero-order chi connectivity index (χ0) is 13.4. The summed E-state index contributed by atoms with van der Waals surface area (Å²) in [5.74, 6) is 2.46. The van der Waals surface area contributed by atoms with Crippen LogP contribution < -0.4 is 14.2 Å². The van der Waals surface area contributed by atoms with Crippen molar-refractivity contribution in [1.82, 2.24) is 20.4 Å². The van der Waals surface area contributed by atoms with Crippen LogP contribution in [0.25, 0.3) is 11.3 Å². The molecule has 102 valence electrons. The minimum Gasteiger partial charge on any atom is -0.484 e. The molecule has 0 amide bonds. The van der Waals surface area contributed by atoms with E-state index in [2.05, 4.69) is 20.4 Å². The van der Waals surface area contributed by atoms with Crippen LogP contribution >= 0.6 is 11.8 Å². The molecule has 2 aliphatic heterocycles. The second kappa shape index (κ2) is 4.78. The molecule has 8 heteroatoms. The summed E-state index contributed by atoms with van der Waals surface area (Å²) in [6.07, 6.45) is 1.61. The lowest BCUT2D eigenvalue weighted by atomic mass is 10.2. The second-order valence-electron chi connectivity index (χ2n) is 4.19. The molecule has 20 heavy (non-hydrogen) atoms. The van der Waals surface area contributed by atoms with Gasteiger partial charge in [0.05, 0.1) is 29.0 Å². The van der Waals surface area contributed by atoms with Gasteiger partial charge in [-0.2, -0.15) is 5.10 Å². The smallest absolute Gasteiger partial charge is 0.277 e. The third-order valence-electron chi connectivity index (χ3n) is 2.93. The summed E-state index contributed by atoms with van der Waals surface area (Å²) in [6, 6.07) is 1.93. The Morgan fingerprint density at radius 1 is 0.950 bits per heavy atom. The number of nitrogens with zero attached hydrogens (tertiary/aromatic N) is 4. The minimum absolute atomic E-state index is 0.400. The van der Waals surface area contributed by atoms with E-state index < -0.39 is 0 Å². The van der Waals surface area contributed by atoms with E-state index in [1.165, 1.54) is 0 Å². The SMILES string of the molecule is c1c(-c2cnnc3c2OCCO3)nnc2c1SCCO2. The summed E-state index contributed by atoms with van der Waals surface area (Å²) >= 11 is 1.70. The van der Waals surface area contributed by atoms with Gasteiger partial charge in [-0.1, -0.05) is 0 Å². The van der Waals surface area contributed by atoms with Crippen molar-refractivity contribution < 1.29 is 14.2 Å². The summed E-state index contributed by atoms with van der Waals surface area (Å²) in [4.78, 5) is 0.976. The fourth-order valence-electron chi connectivity index (χ4n) is 2.05. The van der Waals surface area contributed by atoms with Crippen LogP contribution in [0.3, 0.4) is 0 Å². The zero-order valence-electron chi connectivity index (χ0n) is 10.4. The first-order chi connectivity index (χ1) is 9.92. The molecule has 0 spiro atoms. The van der Waals surface area contributed by atoms with Crippen molar-refractivity contribution in [2.75, 3.05) is 25.6 Å². The lowest BCUT2D eigenvalue weighted by Crippen LogP contribution is -2.17. The molecule has 0 radical (unpaired) electrons. The van der Waals surface area contributed by atoms with Crippen molar-refractivity contribution in [1.29, 1.82) is 0 Å². The molecule has 0 aliphatic carbocycles. The lowest BCUT2D eigenvalue weighted by Gasteiger charge is -2.19. The molecule has 7 nitrogen and oxygen atoms in total. The molecule has 4 rings (SSSR count). The molecule has 2 aromatic heterocycles. The molecule has 0 saturated heterocycles. The number of thioether (sulfide) groups is 1. The maximum absolute atomic E-state index is 5.62. The van der Waals surface area contributed by atoms with E-state index >= 15 is 0 Å². The molecule has 0 fully saturated rings. The van der Waals surface area contributed by atoms with E-state index in [1.54, 1.807) is 18.0 Å². The van der Waals surface area contributed by atoms with Crippen molar-refractivity contribution >= 4 is 11.8 Å². The number of fused-ring (bicyclic) bond motifs is 2. The number of rotatable bonds is 1. The van der Waals surface area contributed by atoms with Crippen LogP contribution in [0.1, 0.15) is 0 Å². The molecule has 0 unspecified atom stereocenters. The summed E-state index contributed by atoms with van der Waals surface area (Å²) in [5.41, 5.74) is 1.41. The quantitative estimate of drug-likeness (QED) is 0.775. The van der Waals surface area contributed by atoms with Gasteiger partial charge in [-0.25, -0.2) is 0 Å². The van der Waals surface area contributed by atoms with Gasteiger partial charge in [-0.3, -0.25) is 0 Å². The lowest BCUT2D eigenvalue weighted by molar-refractivity contribution is 0.163. The van der Waals surface area contributed by atoms with E-state index in [9.17, 15) is 0 Å². The highest BCUT2D eigenvalue weighted by Crippen LogP contribution is 2.39. The Bertz CT molecular complexity index is 667. The topological polar surface area (TPSA) is 79.3 Å². The second-order valence-corrected chi connectivity index (χ2v) is 5.32. The molecular weight excluding hydrogens is 280 g/mol. The van der Waals surface area contributed by atoms with Crippen LogP contribution in [0.15, 0.2) is 17.2 Å². The molecule has 0 atom stereocenters. The van der Waals surface area contributed by atoms with E-state index in [0.29, 0.717) is 43.0 Å². The third kappa shape index (κ3) is 1.92. The van der Waals surface area contributed by atoms with Crippen LogP contribution in [0.5, 0.6) is 17.5 Å². The molecule has 0 bridgehead atoms. The van der Waals surface area contributed by atoms with Crippen molar-refractivity contribution in [2.24, 2.45) is 0 Å². The van der Waals surface area contributed by atoms with Gasteiger partial charge in [0.1, 0.15) is 13.2 Å². The fraction of sp³-hybridized carbons (Fsp3) is 0.333. The predicted octanol–water partition coefficient (Wildman–Crippen LogP) is 1.19. The van der Waals surface area contributed by atoms with Gasteiger partial charge in [0.2, 0.25) is 5.88 Å². The molecular formula is C12H10N4O3S. The maximum atomic E-state index is 5.62. The van der Waals surface area contributed by atoms with E-state index in [-0.39, 0.29) is 0 Å². The van der Waals surface area contributed by atoms with Crippen molar-refractivity contribution in [2.45, 2.75) is 4.90 Å². The average molecular weight is 290 g/mol. The van der Waals surface area contributed by atoms with Crippen LogP contribution in [-0.2, 0) is 0 Å². The van der Waals surface area contributed by atoms with Crippen molar-refractivity contribution in [3.63, 3.8) is 0 Å². The predicted molar refractivity (Wildman–Crippen MR) is 70.3 cm³/mol. The maximum Gasteiger partial charge on any atom is 0.277 e. The third-order valence-corrected chi connectivity index (χ3v) is 3.90. The van der Waals surface area contributed by atoms with Crippen LogP contribution in [0, 0.1) is 0 Å².